The van der Waals surface area contributed by atoms with Gasteiger partial charge in [-0.25, -0.2) is 0 Å². The molecule has 1 aromatic rings. The molecule has 6 heteroatoms. The predicted molar refractivity (Wildman–Crippen MR) is 62.6 cm³/mol. The second-order valence-corrected chi connectivity index (χ2v) is 4.55. The molecule has 0 atom stereocenters. The monoisotopic (exact) mass is 244 g/mol. The Balaban J connectivity index is 2.48. The minimum absolute atomic E-state index is 0.134. The highest BCUT2D eigenvalue weighted by atomic mass is 32.1. The van der Waals surface area contributed by atoms with E-state index in [4.69, 9.17) is 12.2 Å². The molecule has 1 amide bonds. The van der Waals surface area contributed by atoms with Gasteiger partial charge in [-0.05, 0) is 19.1 Å². The summed E-state index contributed by atoms with van der Waals surface area (Å²) in [5, 5.41) is 13.6. The number of carbonyl (C=O) groups is 1. The van der Waals surface area contributed by atoms with E-state index >= 15 is 0 Å². The Hall–Kier alpha value is -1.14. The summed E-state index contributed by atoms with van der Waals surface area (Å²) in [4.78, 5) is 11.1. The van der Waals surface area contributed by atoms with Crippen LogP contribution in [0.5, 0.6) is 5.88 Å². The number of thiazole rings is 1. The highest BCUT2D eigenvalue weighted by Gasteiger charge is 2.03. The van der Waals surface area contributed by atoms with E-state index in [1.165, 1.54) is 11.3 Å². The molecule has 1 rings (SSSR count). The van der Waals surface area contributed by atoms with E-state index in [1.54, 1.807) is 16.9 Å². The molecule has 0 saturated heterocycles. The largest absolute Gasteiger partial charge is 0.494 e. The Morgan fingerprint density at radius 2 is 2.47 bits per heavy atom. The van der Waals surface area contributed by atoms with Crippen LogP contribution in [0.2, 0.25) is 0 Å². The predicted octanol–water partition coefficient (Wildman–Crippen LogP) is 1.68. The molecule has 1 heterocycles. The molecule has 0 spiro atoms. The molecule has 0 aromatic carbocycles. The lowest BCUT2D eigenvalue weighted by atomic mass is 10.3. The van der Waals surface area contributed by atoms with E-state index in [0.29, 0.717) is 22.6 Å². The van der Waals surface area contributed by atoms with Crippen molar-refractivity contribution < 1.29 is 9.90 Å². The van der Waals surface area contributed by atoms with E-state index in [0.717, 1.165) is 0 Å². The number of hydrogen-bond acceptors (Lipinski definition) is 4. The smallest absolute Gasteiger partial charge is 0.246 e. The fourth-order valence-corrected chi connectivity index (χ4v) is 1.94. The van der Waals surface area contributed by atoms with E-state index in [9.17, 15) is 9.90 Å². The molecule has 2 N–H and O–H groups in total. The third kappa shape index (κ3) is 3.17. The number of rotatable bonds is 4. The average molecular weight is 244 g/mol. The summed E-state index contributed by atoms with van der Waals surface area (Å²) in [5.41, 5.74) is 0.466. The lowest BCUT2D eigenvalue weighted by Crippen LogP contribution is -2.27. The fraction of sp³-hybridized carbons (Fsp3) is 0.333. The van der Waals surface area contributed by atoms with Crippen LogP contribution in [0.1, 0.15) is 6.92 Å². The summed E-state index contributed by atoms with van der Waals surface area (Å²) >= 11 is 6.29. The van der Waals surface area contributed by atoms with Crippen LogP contribution in [0, 0.1) is 3.95 Å². The number of carbonyl (C=O) groups excluding carboxylic acids is 1. The highest BCUT2D eigenvalue weighted by Crippen LogP contribution is 2.16. The SMILES string of the molecule is C=C(C)C(=O)NCCn1c(O)csc1=S. The van der Waals surface area contributed by atoms with Gasteiger partial charge in [-0.15, -0.1) is 11.3 Å². The molecule has 15 heavy (non-hydrogen) atoms. The van der Waals surface area contributed by atoms with Crippen molar-refractivity contribution in [1.29, 1.82) is 0 Å². The van der Waals surface area contributed by atoms with Gasteiger partial charge in [0.05, 0.1) is 5.38 Å². The van der Waals surface area contributed by atoms with Gasteiger partial charge >= 0.3 is 0 Å². The molecular weight excluding hydrogens is 232 g/mol. The fourth-order valence-electron chi connectivity index (χ4n) is 0.962. The van der Waals surface area contributed by atoms with Gasteiger partial charge in [0, 0.05) is 18.7 Å². The lowest BCUT2D eigenvalue weighted by Gasteiger charge is -2.06. The van der Waals surface area contributed by atoms with Crippen molar-refractivity contribution in [3.63, 3.8) is 0 Å². The number of nitrogens with zero attached hydrogens (tertiary/aromatic N) is 1. The van der Waals surface area contributed by atoms with Gasteiger partial charge in [-0.3, -0.25) is 9.36 Å². The zero-order valence-corrected chi connectivity index (χ0v) is 9.95. The molecule has 4 nitrogen and oxygen atoms in total. The van der Waals surface area contributed by atoms with Crippen molar-refractivity contribution in [3.05, 3.63) is 21.5 Å². The van der Waals surface area contributed by atoms with Crippen molar-refractivity contribution in [1.82, 2.24) is 9.88 Å². The highest BCUT2D eigenvalue weighted by molar-refractivity contribution is 7.73. The Morgan fingerprint density at radius 1 is 1.80 bits per heavy atom. The van der Waals surface area contributed by atoms with Gasteiger partial charge in [-0.2, -0.15) is 0 Å². The van der Waals surface area contributed by atoms with Gasteiger partial charge in [0.25, 0.3) is 0 Å². The first-order valence-electron chi connectivity index (χ1n) is 4.33. The summed E-state index contributed by atoms with van der Waals surface area (Å²) in [5.74, 6) is -0.0502. The number of aromatic nitrogens is 1. The molecule has 0 aliphatic carbocycles. The summed E-state index contributed by atoms with van der Waals surface area (Å²) in [6.45, 7) is 6.05. The second-order valence-electron chi connectivity index (χ2n) is 3.05. The van der Waals surface area contributed by atoms with Gasteiger partial charge in [0.2, 0.25) is 11.8 Å². The molecule has 0 unspecified atom stereocenters. The normalized spacial score (nSPS) is 9.93. The van der Waals surface area contributed by atoms with E-state index in [1.807, 2.05) is 0 Å². The van der Waals surface area contributed by atoms with Gasteiger partial charge in [0.15, 0.2) is 3.95 Å². The maximum absolute atomic E-state index is 11.1. The number of nitrogens with one attached hydrogen (secondary N) is 1. The Labute approximate surface area is 96.9 Å². The topological polar surface area (TPSA) is 54.3 Å². The molecule has 0 bridgehead atoms. The van der Waals surface area contributed by atoms with Crippen LogP contribution in [0.25, 0.3) is 0 Å². The maximum atomic E-state index is 11.1. The van der Waals surface area contributed by atoms with Crippen molar-refractivity contribution in [2.45, 2.75) is 13.5 Å². The molecule has 82 valence electrons. The lowest BCUT2D eigenvalue weighted by molar-refractivity contribution is -0.117. The van der Waals surface area contributed by atoms with Crippen LogP contribution in [0.4, 0.5) is 0 Å². The third-order valence-corrected chi connectivity index (χ3v) is 3.03. The minimum Gasteiger partial charge on any atom is -0.494 e. The Bertz CT molecular complexity index is 434. The molecule has 0 fully saturated rings. The summed E-state index contributed by atoms with van der Waals surface area (Å²) < 4.78 is 2.16. The molecule has 0 aliphatic rings. The number of amides is 1. The van der Waals surface area contributed by atoms with Crippen LogP contribution < -0.4 is 5.32 Å². The first-order chi connectivity index (χ1) is 7.02. The van der Waals surface area contributed by atoms with E-state index in [-0.39, 0.29) is 11.8 Å². The van der Waals surface area contributed by atoms with Crippen LogP contribution in [0.15, 0.2) is 17.5 Å². The Morgan fingerprint density at radius 3 is 2.93 bits per heavy atom. The minimum atomic E-state index is -0.184. The molecule has 0 saturated carbocycles. The first-order valence-corrected chi connectivity index (χ1v) is 5.62. The summed E-state index contributed by atoms with van der Waals surface area (Å²) in [6.07, 6.45) is 0. The van der Waals surface area contributed by atoms with Gasteiger partial charge in [0.1, 0.15) is 0 Å². The quantitative estimate of drug-likeness (QED) is 0.626. The molecule has 0 aliphatic heterocycles. The number of aromatic hydroxyl groups is 1. The van der Waals surface area contributed by atoms with E-state index in [2.05, 4.69) is 11.9 Å². The van der Waals surface area contributed by atoms with E-state index < -0.39 is 0 Å². The summed E-state index contributed by atoms with van der Waals surface area (Å²) in [7, 11) is 0. The van der Waals surface area contributed by atoms with Crippen molar-refractivity contribution in [3.8, 4) is 5.88 Å². The zero-order chi connectivity index (χ0) is 11.4. The number of hydrogen-bond donors (Lipinski definition) is 2. The first kappa shape index (κ1) is 11.9. The van der Waals surface area contributed by atoms with Crippen molar-refractivity contribution >= 4 is 29.5 Å². The van der Waals surface area contributed by atoms with Crippen LogP contribution in [-0.2, 0) is 11.3 Å². The third-order valence-electron chi connectivity index (χ3n) is 1.77. The van der Waals surface area contributed by atoms with Crippen molar-refractivity contribution in [2.24, 2.45) is 0 Å². The van der Waals surface area contributed by atoms with Crippen molar-refractivity contribution in [2.75, 3.05) is 6.54 Å². The second kappa shape index (κ2) is 5.09. The van der Waals surface area contributed by atoms with Gasteiger partial charge < -0.3 is 10.4 Å². The summed E-state index contributed by atoms with van der Waals surface area (Å²) in [6, 6.07) is 0. The van der Waals surface area contributed by atoms with Crippen LogP contribution >= 0.6 is 23.6 Å². The van der Waals surface area contributed by atoms with Gasteiger partial charge in [-0.1, -0.05) is 6.58 Å². The Kier molecular flexibility index (Phi) is 4.05. The molecular formula is C9H12N2O2S2. The van der Waals surface area contributed by atoms with Crippen LogP contribution in [-0.4, -0.2) is 22.1 Å². The standard InChI is InChI=1S/C9H12N2O2S2/c1-6(2)8(13)10-3-4-11-7(12)5-15-9(11)14/h5,12H,1,3-4H2,2H3,(H,10,13). The molecule has 1 aromatic heterocycles. The van der Waals surface area contributed by atoms with Crippen LogP contribution in [0.3, 0.4) is 0 Å². The maximum Gasteiger partial charge on any atom is 0.246 e. The molecule has 0 radical (unpaired) electrons. The zero-order valence-electron chi connectivity index (χ0n) is 8.32. The average Bonchev–Trinajstić information content (AvgIpc) is 2.48.